The number of nitriles is 1. The zero-order chi connectivity index (χ0) is 13.1. The Kier molecular flexibility index (Phi) is 3.35. The number of benzene rings is 1. The topological polar surface area (TPSA) is 78.7 Å². The first-order valence-electron chi connectivity index (χ1n) is 5.23. The van der Waals surface area contributed by atoms with Crippen molar-refractivity contribution in [2.45, 2.75) is 13.8 Å². The van der Waals surface area contributed by atoms with Gasteiger partial charge in [-0.1, -0.05) is 16.6 Å². The summed E-state index contributed by atoms with van der Waals surface area (Å²) in [6.07, 6.45) is 0. The number of amides is 1. The number of aryl methyl sites for hydroxylation is 2. The second kappa shape index (κ2) is 4.94. The number of anilines is 1. The van der Waals surface area contributed by atoms with Gasteiger partial charge in [-0.15, -0.1) is 5.10 Å². The molecule has 0 aliphatic heterocycles. The van der Waals surface area contributed by atoms with E-state index in [1.165, 1.54) is 0 Å². The molecule has 1 N–H and O–H groups in total. The fourth-order valence-electron chi connectivity index (χ4n) is 1.54. The molecule has 1 aromatic heterocycles. The third-order valence-corrected chi connectivity index (χ3v) is 3.32. The van der Waals surface area contributed by atoms with E-state index in [-0.39, 0.29) is 5.91 Å². The highest BCUT2D eigenvalue weighted by atomic mass is 32.1. The second-order valence-corrected chi connectivity index (χ2v) is 4.50. The zero-order valence-electron chi connectivity index (χ0n) is 9.89. The minimum absolute atomic E-state index is 0.287. The number of aromatic nitrogens is 2. The van der Waals surface area contributed by atoms with E-state index in [1.807, 2.05) is 13.0 Å². The highest BCUT2D eigenvalue weighted by Crippen LogP contribution is 2.20. The van der Waals surface area contributed by atoms with Crippen molar-refractivity contribution < 1.29 is 4.79 Å². The molecule has 0 bridgehead atoms. The number of carbonyl (C=O) groups excluding carboxylic acids is 1. The lowest BCUT2D eigenvalue weighted by molar-refractivity contribution is 0.103. The monoisotopic (exact) mass is 258 g/mol. The van der Waals surface area contributed by atoms with Crippen molar-refractivity contribution in [2.24, 2.45) is 0 Å². The van der Waals surface area contributed by atoms with Crippen LogP contribution in [0.15, 0.2) is 18.2 Å². The molecule has 1 heterocycles. The molecule has 0 radical (unpaired) electrons. The minimum atomic E-state index is -0.287. The molecule has 0 saturated heterocycles. The Labute approximate surface area is 108 Å². The van der Waals surface area contributed by atoms with Crippen LogP contribution in [0, 0.1) is 25.2 Å². The smallest absolute Gasteiger partial charge is 0.269 e. The summed E-state index contributed by atoms with van der Waals surface area (Å²) in [5.41, 5.74) is 2.40. The normalized spacial score (nSPS) is 9.83. The molecule has 2 rings (SSSR count). The van der Waals surface area contributed by atoms with Crippen molar-refractivity contribution in [1.29, 1.82) is 5.26 Å². The summed E-state index contributed by atoms with van der Waals surface area (Å²) in [5, 5.41) is 15.6. The van der Waals surface area contributed by atoms with Crippen LogP contribution in [0.25, 0.3) is 0 Å². The Bertz CT molecular complexity index is 642. The first-order valence-corrected chi connectivity index (χ1v) is 6.01. The Morgan fingerprint density at radius 1 is 1.44 bits per heavy atom. The summed E-state index contributed by atoms with van der Waals surface area (Å²) in [5.74, 6) is -0.287. The van der Waals surface area contributed by atoms with Gasteiger partial charge in [0.05, 0.1) is 16.9 Å². The summed E-state index contributed by atoms with van der Waals surface area (Å²) < 4.78 is 3.71. The van der Waals surface area contributed by atoms with Crippen LogP contribution in [0.3, 0.4) is 0 Å². The van der Waals surface area contributed by atoms with E-state index in [9.17, 15) is 4.79 Å². The molecule has 0 saturated carbocycles. The minimum Gasteiger partial charge on any atom is -0.320 e. The lowest BCUT2D eigenvalue weighted by Crippen LogP contribution is -2.13. The van der Waals surface area contributed by atoms with E-state index in [1.54, 1.807) is 19.1 Å². The molecule has 1 aromatic carbocycles. The average Bonchev–Trinajstić information content (AvgIpc) is 2.76. The lowest BCUT2D eigenvalue weighted by atomic mass is 10.1. The van der Waals surface area contributed by atoms with Gasteiger partial charge in [0.2, 0.25) is 0 Å². The molecule has 1 amide bonds. The quantitative estimate of drug-likeness (QED) is 0.896. The van der Waals surface area contributed by atoms with Gasteiger partial charge >= 0.3 is 0 Å². The van der Waals surface area contributed by atoms with Crippen LogP contribution in [0.4, 0.5) is 5.69 Å². The molecule has 0 fully saturated rings. The molecule has 2 aromatic rings. The van der Waals surface area contributed by atoms with Gasteiger partial charge in [0.25, 0.3) is 5.91 Å². The van der Waals surface area contributed by atoms with E-state index >= 15 is 0 Å². The zero-order valence-corrected chi connectivity index (χ0v) is 10.7. The molecule has 6 heteroatoms. The number of rotatable bonds is 2. The maximum atomic E-state index is 12.0. The number of carbonyl (C=O) groups is 1. The molecule has 5 nitrogen and oxygen atoms in total. The van der Waals surface area contributed by atoms with Crippen LogP contribution in [-0.4, -0.2) is 15.5 Å². The average molecular weight is 258 g/mol. The van der Waals surface area contributed by atoms with Gasteiger partial charge in [0, 0.05) is 0 Å². The standard InChI is InChI=1S/C12H10N4OS/c1-7-4-3-5-10(9(7)6-13)14-12(17)11-8(2)15-16-18-11/h3-5H,1-2H3,(H,14,17). The van der Waals surface area contributed by atoms with Gasteiger partial charge < -0.3 is 5.32 Å². The summed E-state index contributed by atoms with van der Waals surface area (Å²) in [4.78, 5) is 12.4. The van der Waals surface area contributed by atoms with E-state index in [2.05, 4.69) is 21.0 Å². The van der Waals surface area contributed by atoms with Gasteiger partial charge in [0.1, 0.15) is 10.9 Å². The van der Waals surface area contributed by atoms with E-state index < -0.39 is 0 Å². The fourth-order valence-corrected chi connectivity index (χ4v) is 2.09. The largest absolute Gasteiger partial charge is 0.320 e. The molecule has 0 unspecified atom stereocenters. The highest BCUT2D eigenvalue weighted by Gasteiger charge is 2.15. The lowest BCUT2D eigenvalue weighted by Gasteiger charge is -2.07. The van der Waals surface area contributed by atoms with Crippen LogP contribution in [0.5, 0.6) is 0 Å². The number of nitrogens with one attached hydrogen (secondary N) is 1. The Morgan fingerprint density at radius 2 is 2.22 bits per heavy atom. The Morgan fingerprint density at radius 3 is 2.83 bits per heavy atom. The molecule has 18 heavy (non-hydrogen) atoms. The maximum Gasteiger partial charge on any atom is 0.269 e. The molecule has 90 valence electrons. The van der Waals surface area contributed by atoms with Crippen molar-refractivity contribution in [2.75, 3.05) is 5.32 Å². The Hall–Kier alpha value is -2.26. The predicted molar refractivity (Wildman–Crippen MR) is 68.5 cm³/mol. The van der Waals surface area contributed by atoms with E-state index in [0.29, 0.717) is 21.8 Å². The fraction of sp³-hybridized carbons (Fsp3) is 0.167. The molecule has 0 spiro atoms. The van der Waals surface area contributed by atoms with E-state index in [0.717, 1.165) is 17.1 Å². The first kappa shape index (κ1) is 12.2. The third-order valence-electron chi connectivity index (χ3n) is 2.49. The maximum absolute atomic E-state index is 12.0. The number of hydrogen-bond acceptors (Lipinski definition) is 5. The third kappa shape index (κ3) is 2.21. The molecular formula is C12H10N4OS. The summed E-state index contributed by atoms with van der Waals surface area (Å²) in [6, 6.07) is 7.41. The summed E-state index contributed by atoms with van der Waals surface area (Å²) in [7, 11) is 0. The van der Waals surface area contributed by atoms with Crippen molar-refractivity contribution in [1.82, 2.24) is 9.59 Å². The van der Waals surface area contributed by atoms with Gasteiger partial charge in [0.15, 0.2) is 0 Å². The Balaban J connectivity index is 2.31. The van der Waals surface area contributed by atoms with Crippen LogP contribution in [0.1, 0.15) is 26.5 Å². The van der Waals surface area contributed by atoms with Crippen LogP contribution < -0.4 is 5.32 Å². The highest BCUT2D eigenvalue weighted by molar-refractivity contribution is 7.08. The van der Waals surface area contributed by atoms with Crippen LogP contribution >= 0.6 is 11.5 Å². The summed E-state index contributed by atoms with van der Waals surface area (Å²) >= 11 is 1.04. The first-order chi connectivity index (χ1) is 8.63. The molecule has 0 aliphatic rings. The van der Waals surface area contributed by atoms with Crippen molar-refractivity contribution >= 4 is 23.1 Å². The van der Waals surface area contributed by atoms with Crippen LogP contribution in [-0.2, 0) is 0 Å². The van der Waals surface area contributed by atoms with Crippen molar-refractivity contribution in [3.8, 4) is 6.07 Å². The number of nitrogens with zero attached hydrogens (tertiary/aromatic N) is 3. The second-order valence-electron chi connectivity index (χ2n) is 3.75. The van der Waals surface area contributed by atoms with Crippen molar-refractivity contribution in [3.63, 3.8) is 0 Å². The molecular weight excluding hydrogens is 248 g/mol. The number of hydrogen-bond donors (Lipinski definition) is 1. The predicted octanol–water partition coefficient (Wildman–Crippen LogP) is 2.28. The summed E-state index contributed by atoms with van der Waals surface area (Å²) in [6.45, 7) is 3.55. The molecule has 0 aliphatic carbocycles. The van der Waals surface area contributed by atoms with Gasteiger partial charge in [-0.2, -0.15) is 5.26 Å². The molecule has 0 atom stereocenters. The van der Waals surface area contributed by atoms with Gasteiger partial charge in [-0.05, 0) is 37.0 Å². The van der Waals surface area contributed by atoms with Crippen LogP contribution in [0.2, 0.25) is 0 Å². The van der Waals surface area contributed by atoms with Gasteiger partial charge in [-0.3, -0.25) is 4.79 Å². The SMILES string of the molecule is Cc1cccc(NC(=O)c2snnc2C)c1C#N. The van der Waals surface area contributed by atoms with E-state index in [4.69, 9.17) is 5.26 Å². The van der Waals surface area contributed by atoms with Gasteiger partial charge in [-0.25, -0.2) is 0 Å². The van der Waals surface area contributed by atoms with Crippen molar-refractivity contribution in [3.05, 3.63) is 39.9 Å².